The molecule has 0 atom stereocenters. The van der Waals surface area contributed by atoms with Crippen LogP contribution in [-0.4, -0.2) is 35.7 Å². The Bertz CT molecular complexity index is 734. The maximum absolute atomic E-state index is 12.2. The van der Waals surface area contributed by atoms with Crippen molar-refractivity contribution >= 4 is 28.8 Å². The third-order valence-electron chi connectivity index (χ3n) is 3.48. The van der Waals surface area contributed by atoms with Gasteiger partial charge in [-0.3, -0.25) is 14.4 Å². The fraction of sp³-hybridized carbons (Fsp3) is 0.278. The van der Waals surface area contributed by atoms with E-state index in [1.807, 2.05) is 12.1 Å². The lowest BCUT2D eigenvalue weighted by molar-refractivity contribution is 0.0942. The number of rotatable bonds is 8. The van der Waals surface area contributed by atoms with E-state index in [1.54, 1.807) is 24.3 Å². The second-order valence-corrected chi connectivity index (χ2v) is 6.40. The Balaban J connectivity index is 1.90. The molecule has 1 aromatic heterocycles. The first-order valence-electron chi connectivity index (χ1n) is 7.63. The Morgan fingerprint density at radius 1 is 1.04 bits per heavy atom. The van der Waals surface area contributed by atoms with Crippen LogP contribution in [0.1, 0.15) is 48.6 Å². The Morgan fingerprint density at radius 3 is 2.29 bits per heavy atom. The summed E-state index contributed by atoms with van der Waals surface area (Å²) in [6.45, 7) is 1.61. The first-order chi connectivity index (χ1) is 11.5. The number of nitrogens with one attached hydrogen (secondary N) is 1. The Labute approximate surface area is 144 Å². The number of hydrogen-bond acceptors (Lipinski definition) is 5. The van der Waals surface area contributed by atoms with Gasteiger partial charge < -0.3 is 10.4 Å². The number of hydrogen-bond donors (Lipinski definition) is 2. The van der Waals surface area contributed by atoms with Crippen molar-refractivity contribution in [2.75, 3.05) is 13.2 Å². The van der Waals surface area contributed by atoms with E-state index in [4.69, 9.17) is 5.11 Å². The highest BCUT2D eigenvalue weighted by Crippen LogP contribution is 2.19. The Hall–Kier alpha value is -2.31. The number of Topliss-reactive ketones (excluding diaryl/α,β-unsaturated/α-hetero) is 2. The predicted molar refractivity (Wildman–Crippen MR) is 92.8 cm³/mol. The number of amides is 1. The summed E-state index contributed by atoms with van der Waals surface area (Å²) in [5, 5.41) is 11.3. The molecule has 5 nitrogen and oxygen atoms in total. The maximum atomic E-state index is 12.2. The molecule has 6 heteroatoms. The normalized spacial score (nSPS) is 10.4. The zero-order valence-electron chi connectivity index (χ0n) is 13.4. The SMILES string of the molecule is CC(=O)c1ccc(C(=O)CCc2ccc(C(=O)NCCO)cc2)s1. The molecule has 2 N–H and O–H groups in total. The maximum Gasteiger partial charge on any atom is 0.251 e. The summed E-state index contributed by atoms with van der Waals surface area (Å²) in [6.07, 6.45) is 0.929. The van der Waals surface area contributed by atoms with E-state index in [0.717, 1.165) is 5.56 Å². The topological polar surface area (TPSA) is 83.5 Å². The number of ketones is 2. The van der Waals surface area contributed by atoms with Crippen molar-refractivity contribution in [3.63, 3.8) is 0 Å². The summed E-state index contributed by atoms with van der Waals surface area (Å²) in [5.74, 6) is -0.256. The zero-order valence-corrected chi connectivity index (χ0v) is 14.2. The van der Waals surface area contributed by atoms with Crippen LogP contribution in [0, 0.1) is 0 Å². The van der Waals surface area contributed by atoms with Gasteiger partial charge in [-0.25, -0.2) is 0 Å². The molecule has 0 spiro atoms. The standard InChI is InChI=1S/C18H19NO4S/c1-12(21)16-8-9-17(24-16)15(22)7-4-13-2-5-14(6-3-13)18(23)19-10-11-20/h2-3,5-6,8-9,20H,4,7,10-11H2,1H3,(H,19,23). The number of carbonyl (C=O) groups excluding carboxylic acids is 3. The molecule has 2 aromatic rings. The van der Waals surface area contributed by atoms with Gasteiger partial charge in [0.05, 0.1) is 16.4 Å². The molecule has 0 fully saturated rings. The summed E-state index contributed by atoms with van der Waals surface area (Å²) in [7, 11) is 0. The molecule has 1 heterocycles. The summed E-state index contributed by atoms with van der Waals surface area (Å²) in [4.78, 5) is 36.3. The Kier molecular flexibility index (Phi) is 6.40. The van der Waals surface area contributed by atoms with Crippen LogP contribution in [0.25, 0.3) is 0 Å². The van der Waals surface area contributed by atoms with Gasteiger partial charge in [-0.15, -0.1) is 11.3 Å². The molecule has 0 aliphatic rings. The third-order valence-corrected chi connectivity index (χ3v) is 4.71. The molecule has 0 aliphatic carbocycles. The van der Waals surface area contributed by atoms with Gasteiger partial charge in [0.15, 0.2) is 11.6 Å². The van der Waals surface area contributed by atoms with Gasteiger partial charge in [0, 0.05) is 18.5 Å². The fourth-order valence-electron chi connectivity index (χ4n) is 2.15. The molecule has 126 valence electrons. The van der Waals surface area contributed by atoms with Gasteiger partial charge in [0.1, 0.15) is 0 Å². The van der Waals surface area contributed by atoms with Crippen molar-refractivity contribution in [1.82, 2.24) is 5.32 Å². The predicted octanol–water partition coefficient (Wildman–Crippen LogP) is 2.49. The van der Waals surface area contributed by atoms with Crippen LogP contribution in [0.2, 0.25) is 0 Å². The summed E-state index contributed by atoms with van der Waals surface area (Å²) in [6, 6.07) is 10.4. The van der Waals surface area contributed by atoms with E-state index in [2.05, 4.69) is 5.32 Å². The fourth-order valence-corrected chi connectivity index (χ4v) is 3.02. The third kappa shape index (κ3) is 4.84. The second kappa shape index (κ2) is 8.52. The summed E-state index contributed by atoms with van der Waals surface area (Å²) >= 11 is 1.23. The molecule has 0 aliphatic heterocycles. The van der Waals surface area contributed by atoms with Crippen molar-refractivity contribution < 1.29 is 19.5 Å². The lowest BCUT2D eigenvalue weighted by Gasteiger charge is -2.05. The van der Waals surface area contributed by atoms with E-state index in [1.165, 1.54) is 18.3 Å². The quantitative estimate of drug-likeness (QED) is 0.720. The van der Waals surface area contributed by atoms with Crippen LogP contribution in [0.4, 0.5) is 0 Å². The van der Waals surface area contributed by atoms with Crippen molar-refractivity contribution in [2.24, 2.45) is 0 Å². The number of carbonyl (C=O) groups is 3. The number of aliphatic hydroxyl groups is 1. The van der Waals surface area contributed by atoms with Gasteiger partial charge in [0.2, 0.25) is 0 Å². The average molecular weight is 345 g/mol. The molecule has 0 saturated carbocycles. The van der Waals surface area contributed by atoms with Crippen LogP contribution in [0.3, 0.4) is 0 Å². The van der Waals surface area contributed by atoms with Gasteiger partial charge >= 0.3 is 0 Å². The van der Waals surface area contributed by atoms with E-state index < -0.39 is 0 Å². The van der Waals surface area contributed by atoms with Crippen LogP contribution >= 0.6 is 11.3 Å². The molecule has 0 unspecified atom stereocenters. The van der Waals surface area contributed by atoms with Crippen molar-refractivity contribution in [3.05, 3.63) is 57.3 Å². The largest absolute Gasteiger partial charge is 0.395 e. The van der Waals surface area contributed by atoms with E-state index >= 15 is 0 Å². The number of aliphatic hydroxyl groups excluding tert-OH is 1. The number of thiophene rings is 1. The highest BCUT2D eigenvalue weighted by Gasteiger charge is 2.12. The summed E-state index contributed by atoms with van der Waals surface area (Å²) in [5.41, 5.74) is 1.48. The molecular weight excluding hydrogens is 326 g/mol. The van der Waals surface area contributed by atoms with E-state index in [-0.39, 0.29) is 30.6 Å². The zero-order chi connectivity index (χ0) is 17.5. The van der Waals surface area contributed by atoms with E-state index in [9.17, 15) is 14.4 Å². The Morgan fingerprint density at radius 2 is 1.71 bits per heavy atom. The molecule has 2 rings (SSSR count). The van der Waals surface area contributed by atoms with Crippen molar-refractivity contribution in [2.45, 2.75) is 19.8 Å². The monoisotopic (exact) mass is 345 g/mol. The van der Waals surface area contributed by atoms with Gasteiger partial charge in [-0.05, 0) is 43.2 Å². The highest BCUT2D eigenvalue weighted by atomic mass is 32.1. The first kappa shape index (κ1) is 18.0. The minimum atomic E-state index is -0.234. The van der Waals surface area contributed by atoms with Crippen LogP contribution in [0.15, 0.2) is 36.4 Å². The minimum absolute atomic E-state index is 0.0114. The van der Waals surface area contributed by atoms with E-state index in [0.29, 0.717) is 28.2 Å². The molecular formula is C18H19NO4S. The molecule has 1 amide bonds. The second-order valence-electron chi connectivity index (χ2n) is 5.32. The minimum Gasteiger partial charge on any atom is -0.395 e. The first-order valence-corrected chi connectivity index (χ1v) is 8.45. The van der Waals surface area contributed by atoms with Gasteiger partial charge in [0.25, 0.3) is 5.91 Å². The van der Waals surface area contributed by atoms with Gasteiger partial charge in [-0.2, -0.15) is 0 Å². The van der Waals surface area contributed by atoms with Crippen LogP contribution < -0.4 is 5.32 Å². The van der Waals surface area contributed by atoms with Gasteiger partial charge in [-0.1, -0.05) is 12.1 Å². The average Bonchev–Trinajstić information content (AvgIpc) is 3.08. The molecule has 0 bridgehead atoms. The molecule has 0 saturated heterocycles. The van der Waals surface area contributed by atoms with Crippen LogP contribution in [0.5, 0.6) is 0 Å². The number of benzene rings is 1. The molecule has 1 aromatic carbocycles. The summed E-state index contributed by atoms with van der Waals surface area (Å²) < 4.78 is 0. The smallest absolute Gasteiger partial charge is 0.251 e. The highest BCUT2D eigenvalue weighted by molar-refractivity contribution is 7.16. The molecule has 24 heavy (non-hydrogen) atoms. The number of aryl methyl sites for hydroxylation is 1. The lowest BCUT2D eigenvalue weighted by Crippen LogP contribution is -2.26. The lowest BCUT2D eigenvalue weighted by atomic mass is 10.0. The van der Waals surface area contributed by atoms with Crippen molar-refractivity contribution in [3.8, 4) is 0 Å². The molecule has 0 radical (unpaired) electrons. The van der Waals surface area contributed by atoms with Crippen LogP contribution in [-0.2, 0) is 6.42 Å². The van der Waals surface area contributed by atoms with Crippen molar-refractivity contribution in [1.29, 1.82) is 0 Å².